The van der Waals surface area contributed by atoms with Crippen molar-refractivity contribution in [1.29, 1.82) is 0 Å². The van der Waals surface area contributed by atoms with Crippen LogP contribution in [-0.2, 0) is 7.05 Å². The Hall–Kier alpha value is -2.15. The number of aryl methyl sites for hydroxylation is 1. The van der Waals surface area contributed by atoms with Gasteiger partial charge in [-0.15, -0.1) is 0 Å². The van der Waals surface area contributed by atoms with E-state index in [1.807, 2.05) is 29.8 Å². The van der Waals surface area contributed by atoms with Gasteiger partial charge in [-0.3, -0.25) is 0 Å². The largest absolute Gasteiger partial charge is 0.369 e. The van der Waals surface area contributed by atoms with Gasteiger partial charge in [0.25, 0.3) is 0 Å². The minimum absolute atomic E-state index is 0.379. The number of aromatic nitrogens is 4. The maximum absolute atomic E-state index is 5.85. The molecular formula is C13H16N6S. The summed E-state index contributed by atoms with van der Waals surface area (Å²) in [5.74, 6) is 1.48. The molecule has 0 aliphatic rings. The number of nitrogens with one attached hydrogen (secondary N) is 1. The Balaban J connectivity index is 1.99. The molecule has 0 saturated carbocycles. The molecule has 0 fully saturated rings. The molecule has 3 N–H and O–H groups in total. The number of nitrogen functional groups attached to an aromatic ring is 1. The van der Waals surface area contributed by atoms with Gasteiger partial charge in [0, 0.05) is 13.0 Å². The highest BCUT2D eigenvalue weighted by molar-refractivity contribution is 7.05. The van der Waals surface area contributed by atoms with Gasteiger partial charge < -0.3 is 15.6 Å². The highest BCUT2D eigenvalue weighted by atomic mass is 32.1. The van der Waals surface area contributed by atoms with Crippen molar-refractivity contribution in [2.24, 2.45) is 7.05 Å². The fraction of sp³-hybridized carbons (Fsp3) is 0.308. The van der Waals surface area contributed by atoms with Crippen molar-refractivity contribution in [3.05, 3.63) is 23.2 Å². The number of hydrogen-bond donors (Lipinski definition) is 2. The summed E-state index contributed by atoms with van der Waals surface area (Å²) in [6.07, 6.45) is 0. The van der Waals surface area contributed by atoms with Crippen molar-refractivity contribution in [2.45, 2.75) is 19.8 Å². The molecule has 0 amide bonds. The van der Waals surface area contributed by atoms with E-state index in [0.29, 0.717) is 17.8 Å². The lowest BCUT2D eigenvalue weighted by Gasteiger charge is -2.03. The summed E-state index contributed by atoms with van der Waals surface area (Å²) in [7, 11) is 1.90. The van der Waals surface area contributed by atoms with E-state index in [4.69, 9.17) is 5.73 Å². The summed E-state index contributed by atoms with van der Waals surface area (Å²) in [6.45, 7) is 4.20. The Bertz CT molecular complexity index is 757. The van der Waals surface area contributed by atoms with Crippen molar-refractivity contribution >= 4 is 40.1 Å². The van der Waals surface area contributed by atoms with E-state index in [1.54, 1.807) is 0 Å². The Morgan fingerprint density at radius 3 is 2.80 bits per heavy atom. The van der Waals surface area contributed by atoms with Gasteiger partial charge in [-0.2, -0.15) is 4.37 Å². The molecule has 0 aliphatic heterocycles. The molecule has 7 heteroatoms. The number of nitrogens with two attached hydrogens (primary N) is 1. The smallest absolute Gasteiger partial charge is 0.239 e. The topological polar surface area (TPSA) is 81.6 Å². The lowest BCUT2D eigenvalue weighted by atomic mass is 10.2. The summed E-state index contributed by atoms with van der Waals surface area (Å²) >= 11 is 1.42. The first kappa shape index (κ1) is 12.9. The number of rotatable bonds is 3. The minimum Gasteiger partial charge on any atom is -0.369 e. The fourth-order valence-corrected chi connectivity index (χ4v) is 2.58. The van der Waals surface area contributed by atoms with Crippen LogP contribution in [0.2, 0.25) is 0 Å². The van der Waals surface area contributed by atoms with Gasteiger partial charge in [0.05, 0.1) is 11.2 Å². The average molecular weight is 288 g/mol. The van der Waals surface area contributed by atoms with Crippen molar-refractivity contribution in [3.8, 4) is 0 Å². The van der Waals surface area contributed by atoms with Crippen LogP contribution in [0.3, 0.4) is 0 Å². The standard InChI is InChI=1S/C13H16N6S/c1-7(2)11-17-13(18-20-11)15-8-5-4-6-9-10(8)16-12(14)19(9)3/h4-7H,1-3H3,(H2,14,16)(H,15,18). The molecular weight excluding hydrogens is 272 g/mol. The zero-order valence-corrected chi connectivity index (χ0v) is 12.4. The molecule has 0 atom stereocenters. The van der Waals surface area contributed by atoms with Crippen molar-refractivity contribution in [2.75, 3.05) is 11.1 Å². The summed E-state index contributed by atoms with van der Waals surface area (Å²) in [5, 5.41) is 4.23. The number of fused-ring (bicyclic) bond motifs is 1. The molecule has 3 aromatic rings. The first-order valence-electron chi connectivity index (χ1n) is 6.38. The van der Waals surface area contributed by atoms with Crippen LogP contribution in [0.5, 0.6) is 0 Å². The molecule has 0 radical (unpaired) electrons. The van der Waals surface area contributed by atoms with Gasteiger partial charge in [0.15, 0.2) is 0 Å². The molecule has 0 bridgehead atoms. The zero-order chi connectivity index (χ0) is 14.3. The second-order valence-corrected chi connectivity index (χ2v) is 5.72. The average Bonchev–Trinajstić information content (AvgIpc) is 2.98. The van der Waals surface area contributed by atoms with E-state index in [-0.39, 0.29) is 0 Å². The molecule has 0 aliphatic carbocycles. The number of nitrogens with zero attached hydrogens (tertiary/aromatic N) is 4. The lowest BCUT2D eigenvalue weighted by molar-refractivity contribution is 0.853. The van der Waals surface area contributed by atoms with Crippen molar-refractivity contribution in [1.82, 2.24) is 18.9 Å². The predicted octanol–water partition coefficient (Wildman–Crippen LogP) is 2.87. The summed E-state index contributed by atoms with van der Waals surface area (Å²) in [4.78, 5) is 8.85. The van der Waals surface area contributed by atoms with Gasteiger partial charge in [0.2, 0.25) is 11.9 Å². The van der Waals surface area contributed by atoms with Crippen molar-refractivity contribution in [3.63, 3.8) is 0 Å². The molecule has 1 aromatic carbocycles. The Morgan fingerprint density at radius 1 is 1.30 bits per heavy atom. The SMILES string of the molecule is CC(C)c1nc(Nc2cccc3c2nc(N)n3C)ns1. The van der Waals surface area contributed by atoms with Crippen LogP contribution in [0.1, 0.15) is 24.8 Å². The first-order chi connectivity index (χ1) is 9.56. The van der Waals surface area contributed by atoms with Crippen LogP contribution in [0.25, 0.3) is 11.0 Å². The quantitative estimate of drug-likeness (QED) is 0.774. The second-order valence-electron chi connectivity index (χ2n) is 4.94. The van der Waals surface area contributed by atoms with Crippen LogP contribution in [0, 0.1) is 0 Å². The lowest BCUT2D eigenvalue weighted by Crippen LogP contribution is -1.95. The summed E-state index contributed by atoms with van der Waals surface area (Å²) in [6, 6.07) is 5.89. The van der Waals surface area contributed by atoms with Crippen LogP contribution < -0.4 is 11.1 Å². The molecule has 0 saturated heterocycles. The van der Waals surface area contributed by atoms with E-state index in [1.165, 1.54) is 11.5 Å². The Morgan fingerprint density at radius 2 is 2.10 bits per heavy atom. The maximum atomic E-state index is 5.85. The fourth-order valence-electron chi connectivity index (χ4n) is 1.97. The third-order valence-corrected chi connectivity index (χ3v) is 4.14. The Kier molecular flexibility index (Phi) is 3.06. The predicted molar refractivity (Wildman–Crippen MR) is 82.4 cm³/mol. The van der Waals surface area contributed by atoms with E-state index in [0.717, 1.165) is 21.7 Å². The number of para-hydroxylation sites is 1. The van der Waals surface area contributed by atoms with Gasteiger partial charge in [-0.1, -0.05) is 19.9 Å². The summed E-state index contributed by atoms with van der Waals surface area (Å²) in [5.41, 5.74) is 8.52. The zero-order valence-electron chi connectivity index (χ0n) is 11.6. The van der Waals surface area contributed by atoms with Crippen LogP contribution in [0.4, 0.5) is 17.6 Å². The maximum Gasteiger partial charge on any atom is 0.239 e. The molecule has 2 aromatic heterocycles. The molecule has 6 nitrogen and oxygen atoms in total. The Labute approximate surface area is 120 Å². The normalized spacial score (nSPS) is 11.4. The molecule has 0 unspecified atom stereocenters. The molecule has 0 spiro atoms. The number of imidazole rings is 1. The molecule has 3 rings (SSSR count). The van der Waals surface area contributed by atoms with E-state index >= 15 is 0 Å². The number of benzene rings is 1. The monoisotopic (exact) mass is 288 g/mol. The molecule has 2 heterocycles. The van der Waals surface area contributed by atoms with Gasteiger partial charge in [0.1, 0.15) is 10.5 Å². The van der Waals surface area contributed by atoms with Crippen LogP contribution in [0.15, 0.2) is 18.2 Å². The van der Waals surface area contributed by atoms with Gasteiger partial charge in [-0.25, -0.2) is 9.97 Å². The van der Waals surface area contributed by atoms with E-state index in [9.17, 15) is 0 Å². The van der Waals surface area contributed by atoms with Gasteiger partial charge >= 0.3 is 0 Å². The van der Waals surface area contributed by atoms with Crippen molar-refractivity contribution < 1.29 is 0 Å². The number of hydrogen-bond acceptors (Lipinski definition) is 6. The minimum atomic E-state index is 0.379. The van der Waals surface area contributed by atoms with Gasteiger partial charge in [-0.05, 0) is 23.7 Å². The second kappa shape index (κ2) is 4.75. The van der Waals surface area contributed by atoms with E-state index in [2.05, 4.69) is 33.5 Å². The first-order valence-corrected chi connectivity index (χ1v) is 7.15. The number of anilines is 3. The third kappa shape index (κ3) is 2.09. The highest BCUT2D eigenvalue weighted by Gasteiger charge is 2.12. The third-order valence-electron chi connectivity index (χ3n) is 3.13. The molecule has 104 valence electrons. The van der Waals surface area contributed by atoms with Crippen LogP contribution >= 0.6 is 11.5 Å². The summed E-state index contributed by atoms with van der Waals surface area (Å²) < 4.78 is 6.18. The molecule has 20 heavy (non-hydrogen) atoms. The van der Waals surface area contributed by atoms with E-state index < -0.39 is 0 Å². The highest BCUT2D eigenvalue weighted by Crippen LogP contribution is 2.27. The van der Waals surface area contributed by atoms with Crippen LogP contribution in [-0.4, -0.2) is 18.9 Å².